The number of benzene rings is 2. The first-order chi connectivity index (χ1) is 12.9. The molecule has 7 nitrogen and oxygen atoms in total. The van der Waals surface area contributed by atoms with Crippen LogP contribution in [-0.2, 0) is 6.54 Å². The number of aromatic nitrogens is 1. The van der Waals surface area contributed by atoms with Gasteiger partial charge in [0.1, 0.15) is 11.5 Å². The number of rotatable bonds is 6. The Balaban J connectivity index is 2.38. The number of nitrogen functional groups attached to an aromatic ring is 1. The third-order valence-electron chi connectivity index (χ3n) is 5.11. The molecule has 7 heteroatoms. The molecule has 0 fully saturated rings. The van der Waals surface area contributed by atoms with Crippen LogP contribution in [0.3, 0.4) is 0 Å². The van der Waals surface area contributed by atoms with Gasteiger partial charge in [-0.2, -0.15) is 0 Å². The lowest BCUT2D eigenvalue weighted by Gasteiger charge is -2.22. The first kappa shape index (κ1) is 18.8. The van der Waals surface area contributed by atoms with Gasteiger partial charge in [-0.25, -0.2) is 0 Å². The monoisotopic (exact) mass is 370 g/mol. The number of pyridine rings is 1. The van der Waals surface area contributed by atoms with Crippen LogP contribution in [0, 0.1) is 0 Å². The fraction of sp³-hybridized carbons (Fsp3) is 0.350. The quantitative estimate of drug-likeness (QED) is 0.393. The summed E-state index contributed by atoms with van der Waals surface area (Å²) in [5, 5.41) is 24.0. The van der Waals surface area contributed by atoms with Gasteiger partial charge in [0.05, 0.1) is 27.8 Å². The van der Waals surface area contributed by atoms with Crippen molar-refractivity contribution in [2.24, 2.45) is 0 Å². The summed E-state index contributed by atoms with van der Waals surface area (Å²) in [6.45, 7) is 7.40. The Hall–Kier alpha value is -2.93. The van der Waals surface area contributed by atoms with E-state index in [9.17, 15) is 15.0 Å². The lowest BCUT2D eigenvalue weighted by atomic mass is 10.1. The van der Waals surface area contributed by atoms with Gasteiger partial charge >= 0.3 is 0 Å². The van der Waals surface area contributed by atoms with Crippen molar-refractivity contribution in [2.45, 2.75) is 20.4 Å². The maximum absolute atomic E-state index is 13.0. The lowest BCUT2D eigenvalue weighted by molar-refractivity contribution is 0.293. The van der Waals surface area contributed by atoms with Gasteiger partial charge in [0.25, 0.3) is 0 Å². The van der Waals surface area contributed by atoms with E-state index < -0.39 is 0 Å². The average Bonchev–Trinajstić information content (AvgIpc) is 2.64. The second-order valence-corrected chi connectivity index (χ2v) is 6.57. The van der Waals surface area contributed by atoms with Crippen LogP contribution in [0.2, 0.25) is 0 Å². The molecule has 0 aliphatic rings. The van der Waals surface area contributed by atoms with E-state index in [2.05, 4.69) is 24.1 Å². The van der Waals surface area contributed by atoms with Crippen molar-refractivity contribution in [1.82, 2.24) is 9.47 Å². The second kappa shape index (κ2) is 7.36. The minimum Gasteiger partial charge on any atom is -0.508 e. The molecule has 0 unspecified atom stereocenters. The number of phenolic OH excluding ortho intramolecular Hbond substituents is 2. The number of anilines is 2. The van der Waals surface area contributed by atoms with E-state index in [1.165, 1.54) is 12.1 Å². The van der Waals surface area contributed by atoms with Gasteiger partial charge < -0.3 is 30.7 Å². The van der Waals surface area contributed by atoms with Crippen molar-refractivity contribution in [3.63, 3.8) is 0 Å². The van der Waals surface area contributed by atoms with Crippen LogP contribution in [0.15, 0.2) is 29.1 Å². The highest BCUT2D eigenvalue weighted by Crippen LogP contribution is 2.32. The van der Waals surface area contributed by atoms with E-state index in [1.807, 2.05) is 10.6 Å². The number of phenols is 2. The number of hydrogen-bond acceptors (Lipinski definition) is 6. The molecular formula is C20H26N4O3. The van der Waals surface area contributed by atoms with Crippen molar-refractivity contribution in [1.29, 1.82) is 0 Å². The summed E-state index contributed by atoms with van der Waals surface area (Å²) in [6, 6.07) is 6.20. The highest BCUT2D eigenvalue weighted by Gasteiger charge is 2.17. The summed E-state index contributed by atoms with van der Waals surface area (Å²) >= 11 is 0. The van der Waals surface area contributed by atoms with Gasteiger partial charge in [0.15, 0.2) is 0 Å². The molecule has 144 valence electrons. The van der Waals surface area contributed by atoms with Crippen LogP contribution < -0.4 is 16.5 Å². The van der Waals surface area contributed by atoms with Gasteiger partial charge in [0.2, 0.25) is 5.43 Å². The van der Waals surface area contributed by atoms with E-state index in [0.717, 1.165) is 25.3 Å². The van der Waals surface area contributed by atoms with Crippen LogP contribution in [0.5, 0.6) is 11.5 Å². The van der Waals surface area contributed by atoms with Crippen LogP contribution in [0.1, 0.15) is 13.8 Å². The van der Waals surface area contributed by atoms with E-state index in [1.54, 1.807) is 13.1 Å². The van der Waals surface area contributed by atoms with Gasteiger partial charge in [-0.1, -0.05) is 13.8 Å². The topological polar surface area (TPSA) is 104 Å². The summed E-state index contributed by atoms with van der Waals surface area (Å²) in [5.41, 5.74) is 8.17. The molecule has 1 heterocycles. The molecule has 0 saturated heterocycles. The number of hydrogen-bond donors (Lipinski definition) is 4. The molecule has 0 atom stereocenters. The minimum atomic E-state index is -0.300. The van der Waals surface area contributed by atoms with Crippen molar-refractivity contribution < 1.29 is 10.2 Å². The molecular weight excluding hydrogens is 344 g/mol. The Morgan fingerprint density at radius 3 is 2.44 bits per heavy atom. The molecule has 0 bridgehead atoms. The van der Waals surface area contributed by atoms with Crippen LogP contribution >= 0.6 is 0 Å². The van der Waals surface area contributed by atoms with E-state index in [4.69, 9.17) is 5.73 Å². The molecule has 0 saturated carbocycles. The Bertz CT molecular complexity index is 1050. The standard InChI is InChI=1S/C20H26N4O3/c1-4-23(5-2)6-7-24-16-11-15(22-3)14(21)10-13(16)20(27)19-17(24)8-12(25)9-18(19)26/h8-11,22,25-26H,4-7,21H2,1-3H3. The number of fused-ring (bicyclic) bond motifs is 2. The number of aromatic hydroxyl groups is 2. The van der Waals surface area contributed by atoms with Crippen molar-refractivity contribution in [3.8, 4) is 11.5 Å². The molecule has 0 aliphatic carbocycles. The molecule has 0 spiro atoms. The number of nitrogens with two attached hydrogens (primary N) is 1. The first-order valence-corrected chi connectivity index (χ1v) is 9.13. The molecule has 3 rings (SSSR count). The summed E-state index contributed by atoms with van der Waals surface area (Å²) in [4.78, 5) is 15.3. The molecule has 27 heavy (non-hydrogen) atoms. The predicted octanol–water partition coefficient (Wildman–Crippen LogP) is 2.53. The molecule has 0 radical (unpaired) electrons. The summed E-state index contributed by atoms with van der Waals surface area (Å²) in [5.74, 6) is -0.315. The smallest absolute Gasteiger partial charge is 0.201 e. The number of nitrogens with zero attached hydrogens (tertiary/aromatic N) is 2. The van der Waals surface area contributed by atoms with Gasteiger partial charge in [-0.3, -0.25) is 4.79 Å². The normalized spacial score (nSPS) is 11.6. The summed E-state index contributed by atoms with van der Waals surface area (Å²) in [6.07, 6.45) is 0. The zero-order valence-corrected chi connectivity index (χ0v) is 15.9. The summed E-state index contributed by atoms with van der Waals surface area (Å²) < 4.78 is 1.96. The van der Waals surface area contributed by atoms with Crippen molar-refractivity contribution in [3.05, 3.63) is 34.5 Å². The predicted molar refractivity (Wildman–Crippen MR) is 111 cm³/mol. The molecule has 5 N–H and O–H groups in total. The lowest BCUT2D eigenvalue weighted by Crippen LogP contribution is -2.27. The van der Waals surface area contributed by atoms with Gasteiger partial charge in [-0.15, -0.1) is 0 Å². The second-order valence-electron chi connectivity index (χ2n) is 6.57. The first-order valence-electron chi connectivity index (χ1n) is 9.13. The molecule has 2 aromatic carbocycles. The largest absolute Gasteiger partial charge is 0.508 e. The van der Waals surface area contributed by atoms with Gasteiger partial charge in [-0.05, 0) is 25.2 Å². The van der Waals surface area contributed by atoms with Crippen LogP contribution in [0.4, 0.5) is 11.4 Å². The Morgan fingerprint density at radius 2 is 1.81 bits per heavy atom. The zero-order chi connectivity index (χ0) is 19.7. The fourth-order valence-electron chi connectivity index (χ4n) is 3.56. The zero-order valence-electron chi connectivity index (χ0n) is 15.9. The average molecular weight is 370 g/mol. The Labute approximate surface area is 157 Å². The number of nitrogens with one attached hydrogen (secondary N) is 1. The van der Waals surface area contributed by atoms with E-state index in [0.29, 0.717) is 28.7 Å². The Kier molecular flexibility index (Phi) is 5.14. The van der Waals surface area contributed by atoms with Crippen molar-refractivity contribution >= 4 is 33.2 Å². The number of likely N-dealkylation sites (N-methyl/N-ethyl adjacent to an activating group) is 1. The Morgan fingerprint density at radius 1 is 1.11 bits per heavy atom. The van der Waals surface area contributed by atoms with Crippen LogP contribution in [0.25, 0.3) is 21.8 Å². The minimum absolute atomic E-state index is 0.0837. The van der Waals surface area contributed by atoms with Gasteiger partial charge in [0, 0.05) is 37.7 Å². The van der Waals surface area contributed by atoms with Crippen LogP contribution in [-0.4, -0.2) is 46.4 Å². The molecule has 0 amide bonds. The summed E-state index contributed by atoms with van der Waals surface area (Å²) in [7, 11) is 1.77. The van der Waals surface area contributed by atoms with E-state index >= 15 is 0 Å². The molecule has 3 aromatic rings. The third kappa shape index (κ3) is 3.26. The highest BCUT2D eigenvalue weighted by atomic mass is 16.3. The molecule has 0 aliphatic heterocycles. The SMILES string of the molecule is CCN(CC)CCn1c2cc(NC)c(N)cc2c(=O)c2c(O)cc(O)cc21. The maximum atomic E-state index is 13.0. The fourth-order valence-corrected chi connectivity index (χ4v) is 3.56. The van der Waals surface area contributed by atoms with Crippen molar-refractivity contribution in [2.75, 3.05) is 37.7 Å². The van der Waals surface area contributed by atoms with E-state index in [-0.39, 0.29) is 22.3 Å². The maximum Gasteiger partial charge on any atom is 0.201 e. The third-order valence-corrected chi connectivity index (χ3v) is 5.11. The molecule has 1 aromatic heterocycles. The highest BCUT2D eigenvalue weighted by molar-refractivity contribution is 6.00.